The minimum atomic E-state index is -0.318. The molecule has 5 rings (SSSR count). The number of Topliss-reactive ketones (excluding diaryl/α,β-unsaturated/α-hetero) is 1. The topological polar surface area (TPSA) is 37.3 Å². The summed E-state index contributed by atoms with van der Waals surface area (Å²) in [7, 11) is 0. The lowest BCUT2D eigenvalue weighted by Crippen LogP contribution is -2.53. The Labute approximate surface area is 176 Å². The first-order chi connectivity index (χ1) is 13.9. The molecule has 0 amide bonds. The lowest BCUT2D eigenvalue weighted by atomic mass is 9.44. The van der Waals surface area contributed by atoms with Crippen LogP contribution in [0.25, 0.3) is 0 Å². The lowest BCUT2D eigenvalue weighted by Gasteiger charge is -2.60. The number of benzene rings is 1. The predicted molar refractivity (Wildman–Crippen MR) is 116 cm³/mol. The van der Waals surface area contributed by atoms with Crippen LogP contribution >= 0.6 is 0 Å². The highest BCUT2D eigenvalue weighted by Crippen LogP contribution is 2.66. The summed E-state index contributed by atoms with van der Waals surface area (Å²) in [4.78, 5) is 12.6. The van der Waals surface area contributed by atoms with E-state index < -0.39 is 0 Å². The summed E-state index contributed by atoms with van der Waals surface area (Å²) in [5.74, 6) is 4.29. The van der Waals surface area contributed by atoms with Gasteiger partial charge in [-0.05, 0) is 98.4 Å². The molecule has 0 aromatic heterocycles. The third-order valence-electron chi connectivity index (χ3n) is 10.2. The van der Waals surface area contributed by atoms with Crippen molar-refractivity contribution in [2.75, 3.05) is 0 Å². The number of rotatable bonds is 3. The molecule has 1 aromatic carbocycles. The fraction of sp³-hybridized carbons (Fsp3) is 0.741. The fourth-order valence-electron chi connectivity index (χ4n) is 8.46. The van der Waals surface area contributed by atoms with E-state index in [2.05, 4.69) is 26.0 Å². The van der Waals surface area contributed by atoms with Gasteiger partial charge in [0.15, 0.2) is 0 Å². The van der Waals surface area contributed by atoms with Gasteiger partial charge in [-0.3, -0.25) is 4.79 Å². The van der Waals surface area contributed by atoms with E-state index in [1.54, 1.807) is 0 Å². The van der Waals surface area contributed by atoms with Crippen molar-refractivity contribution in [3.8, 4) is 0 Å². The average molecular weight is 395 g/mol. The Hall–Kier alpha value is -1.15. The highest BCUT2D eigenvalue weighted by Gasteiger charge is 2.60. The molecule has 0 heterocycles. The number of fused-ring (bicyclic) bond motifs is 5. The molecular weight excluding hydrogens is 356 g/mol. The molecule has 158 valence electrons. The summed E-state index contributed by atoms with van der Waals surface area (Å²) in [5.41, 5.74) is 1.54. The average Bonchev–Trinajstić information content (AvgIpc) is 3.03. The molecule has 0 radical (unpaired) electrons. The zero-order valence-electron chi connectivity index (χ0n) is 18.3. The SMILES string of the molecule is C[C@]12CCC(CC(O)c3ccccc3)CC1CC[C@@H]1[C@H]2CC[C@]2(C)C(=O)CC[C@@H]12. The maximum absolute atomic E-state index is 12.6. The summed E-state index contributed by atoms with van der Waals surface area (Å²) in [6, 6.07) is 10.2. The highest BCUT2D eigenvalue weighted by atomic mass is 16.3. The largest absolute Gasteiger partial charge is 0.388 e. The van der Waals surface area contributed by atoms with E-state index in [1.165, 1.54) is 38.5 Å². The third-order valence-corrected chi connectivity index (χ3v) is 10.2. The maximum atomic E-state index is 12.6. The minimum Gasteiger partial charge on any atom is -0.388 e. The van der Waals surface area contributed by atoms with Crippen LogP contribution in [0.4, 0.5) is 0 Å². The summed E-state index contributed by atoms with van der Waals surface area (Å²) >= 11 is 0. The molecule has 0 spiro atoms. The molecule has 0 saturated heterocycles. The van der Waals surface area contributed by atoms with Gasteiger partial charge in [-0.1, -0.05) is 44.2 Å². The van der Waals surface area contributed by atoms with E-state index in [0.29, 0.717) is 23.0 Å². The number of hydrogen-bond acceptors (Lipinski definition) is 2. The van der Waals surface area contributed by atoms with Gasteiger partial charge >= 0.3 is 0 Å². The molecule has 4 aliphatic rings. The van der Waals surface area contributed by atoms with Crippen LogP contribution in [0.15, 0.2) is 30.3 Å². The fourth-order valence-corrected chi connectivity index (χ4v) is 8.46. The first-order valence-electron chi connectivity index (χ1n) is 12.2. The number of carbonyl (C=O) groups excluding carboxylic acids is 1. The molecule has 0 bridgehead atoms. The first kappa shape index (κ1) is 19.8. The van der Waals surface area contributed by atoms with Gasteiger partial charge in [-0.15, -0.1) is 0 Å². The van der Waals surface area contributed by atoms with Gasteiger partial charge in [0.2, 0.25) is 0 Å². The Kier molecular flexibility index (Phi) is 4.93. The van der Waals surface area contributed by atoms with E-state index in [9.17, 15) is 9.90 Å². The second-order valence-electron chi connectivity index (χ2n) is 11.4. The van der Waals surface area contributed by atoms with Crippen molar-refractivity contribution < 1.29 is 9.90 Å². The Bertz CT molecular complexity index is 757. The van der Waals surface area contributed by atoms with Crippen LogP contribution in [0.3, 0.4) is 0 Å². The molecule has 1 N–H and O–H groups in total. The summed E-state index contributed by atoms with van der Waals surface area (Å²) in [6.45, 7) is 4.89. The molecule has 8 atom stereocenters. The standard InChI is InChI=1S/C27H38O2/c1-26-14-12-18(17-24(28)19-6-4-3-5-7-19)16-20(26)8-9-21-22-10-11-25(29)27(22,2)15-13-23(21)26/h3-7,18,20-24,28H,8-17H2,1-2H3/t18?,20?,21-,22-,23+,24?,26-,27-/m0/s1. The van der Waals surface area contributed by atoms with E-state index in [1.807, 2.05) is 18.2 Å². The smallest absolute Gasteiger partial charge is 0.139 e. The van der Waals surface area contributed by atoms with Crippen LogP contribution in [-0.2, 0) is 4.79 Å². The Morgan fingerprint density at radius 3 is 2.59 bits per heavy atom. The molecule has 1 aromatic rings. The van der Waals surface area contributed by atoms with Gasteiger partial charge in [-0.25, -0.2) is 0 Å². The second-order valence-corrected chi connectivity index (χ2v) is 11.4. The molecular formula is C27H38O2. The van der Waals surface area contributed by atoms with Crippen molar-refractivity contribution in [1.29, 1.82) is 0 Å². The molecule has 4 saturated carbocycles. The van der Waals surface area contributed by atoms with Crippen molar-refractivity contribution in [2.45, 2.75) is 84.2 Å². The van der Waals surface area contributed by atoms with Crippen molar-refractivity contribution in [2.24, 2.45) is 40.4 Å². The van der Waals surface area contributed by atoms with Crippen molar-refractivity contribution >= 4 is 5.78 Å². The van der Waals surface area contributed by atoms with Gasteiger partial charge < -0.3 is 5.11 Å². The van der Waals surface area contributed by atoms with Crippen LogP contribution in [0.1, 0.15) is 89.7 Å². The van der Waals surface area contributed by atoms with Crippen LogP contribution in [-0.4, -0.2) is 10.9 Å². The van der Waals surface area contributed by atoms with Crippen LogP contribution in [0.2, 0.25) is 0 Å². The molecule has 0 aliphatic heterocycles. The van der Waals surface area contributed by atoms with Gasteiger partial charge in [0.05, 0.1) is 6.10 Å². The van der Waals surface area contributed by atoms with E-state index in [0.717, 1.165) is 49.0 Å². The van der Waals surface area contributed by atoms with Crippen molar-refractivity contribution in [1.82, 2.24) is 0 Å². The molecule has 2 heteroatoms. The monoisotopic (exact) mass is 394 g/mol. The van der Waals surface area contributed by atoms with Gasteiger partial charge in [0.1, 0.15) is 5.78 Å². The van der Waals surface area contributed by atoms with E-state index in [-0.39, 0.29) is 11.5 Å². The number of hydrogen-bond donors (Lipinski definition) is 1. The van der Waals surface area contributed by atoms with Crippen LogP contribution in [0.5, 0.6) is 0 Å². The predicted octanol–water partition coefficient (Wildman–Crippen LogP) is 6.34. The summed E-state index contributed by atoms with van der Waals surface area (Å²) < 4.78 is 0. The molecule has 2 nitrogen and oxygen atoms in total. The lowest BCUT2D eigenvalue weighted by molar-refractivity contribution is -0.140. The number of carbonyl (C=O) groups is 1. The molecule has 29 heavy (non-hydrogen) atoms. The van der Waals surface area contributed by atoms with Gasteiger partial charge in [-0.2, -0.15) is 0 Å². The summed E-state index contributed by atoms with van der Waals surface area (Å²) in [6.07, 6.45) is 11.6. The van der Waals surface area contributed by atoms with Gasteiger partial charge in [0.25, 0.3) is 0 Å². The number of aliphatic hydroxyl groups is 1. The number of aliphatic hydroxyl groups excluding tert-OH is 1. The summed E-state index contributed by atoms with van der Waals surface area (Å²) in [5, 5.41) is 10.7. The van der Waals surface area contributed by atoms with E-state index >= 15 is 0 Å². The minimum absolute atomic E-state index is 0.00135. The van der Waals surface area contributed by atoms with Crippen molar-refractivity contribution in [3.63, 3.8) is 0 Å². The van der Waals surface area contributed by atoms with Crippen LogP contribution in [0, 0.1) is 40.4 Å². The molecule has 4 fully saturated rings. The second kappa shape index (κ2) is 7.22. The highest BCUT2D eigenvalue weighted by molar-refractivity contribution is 5.87. The van der Waals surface area contributed by atoms with Crippen LogP contribution < -0.4 is 0 Å². The zero-order chi connectivity index (χ0) is 20.2. The Balaban J connectivity index is 1.28. The quantitative estimate of drug-likeness (QED) is 0.649. The van der Waals surface area contributed by atoms with Gasteiger partial charge in [0, 0.05) is 11.8 Å². The normalized spacial score (nSPS) is 45.2. The third kappa shape index (κ3) is 3.12. The maximum Gasteiger partial charge on any atom is 0.139 e. The zero-order valence-corrected chi connectivity index (χ0v) is 18.3. The van der Waals surface area contributed by atoms with Crippen molar-refractivity contribution in [3.05, 3.63) is 35.9 Å². The molecule has 3 unspecified atom stereocenters. The Morgan fingerprint density at radius 2 is 1.79 bits per heavy atom. The molecule has 4 aliphatic carbocycles. The first-order valence-corrected chi connectivity index (χ1v) is 12.2. The Morgan fingerprint density at radius 1 is 1.00 bits per heavy atom. The number of ketones is 1. The van der Waals surface area contributed by atoms with E-state index in [4.69, 9.17) is 0 Å².